The predicted octanol–water partition coefficient (Wildman–Crippen LogP) is 3.56. The van der Waals surface area contributed by atoms with Crippen molar-refractivity contribution in [3.63, 3.8) is 0 Å². The molecular formula is C9H7BrClN. The fraction of sp³-hybridized carbons (Fsp3) is 0.222. The molecule has 62 valence electrons. The topological polar surface area (TPSA) is 23.8 Å². The molecule has 1 rings (SSSR count). The number of rotatable bonds is 2. The van der Waals surface area contributed by atoms with Crippen molar-refractivity contribution in [2.75, 3.05) is 0 Å². The van der Waals surface area contributed by atoms with Crippen molar-refractivity contribution in [2.45, 2.75) is 12.8 Å². The molecule has 0 amide bonds. The van der Waals surface area contributed by atoms with Crippen LogP contribution in [0, 0.1) is 11.3 Å². The van der Waals surface area contributed by atoms with Gasteiger partial charge in [-0.25, -0.2) is 0 Å². The van der Waals surface area contributed by atoms with E-state index in [0.29, 0.717) is 11.4 Å². The van der Waals surface area contributed by atoms with Gasteiger partial charge < -0.3 is 0 Å². The van der Waals surface area contributed by atoms with Crippen molar-refractivity contribution in [3.8, 4) is 6.07 Å². The maximum atomic E-state index is 8.37. The summed E-state index contributed by atoms with van der Waals surface area (Å²) in [6.07, 6.45) is 1.29. The second kappa shape index (κ2) is 4.49. The van der Waals surface area contributed by atoms with E-state index >= 15 is 0 Å². The lowest BCUT2D eigenvalue weighted by Crippen LogP contribution is -1.83. The van der Waals surface area contributed by atoms with Crippen LogP contribution in [0.4, 0.5) is 0 Å². The Labute approximate surface area is 85.1 Å². The molecule has 0 atom stereocenters. The molecule has 1 nitrogen and oxygen atoms in total. The molecule has 0 aliphatic rings. The molecule has 0 N–H and O–H groups in total. The number of benzene rings is 1. The van der Waals surface area contributed by atoms with Crippen molar-refractivity contribution in [3.05, 3.63) is 33.3 Å². The highest BCUT2D eigenvalue weighted by Gasteiger charge is 1.96. The average molecular weight is 245 g/mol. The van der Waals surface area contributed by atoms with E-state index in [1.54, 1.807) is 0 Å². The third kappa shape index (κ3) is 2.84. The number of halogens is 2. The van der Waals surface area contributed by atoms with Crippen LogP contribution in [0.25, 0.3) is 0 Å². The first-order valence-corrected chi connectivity index (χ1v) is 4.71. The molecule has 0 bridgehead atoms. The molecule has 0 saturated carbocycles. The largest absolute Gasteiger partial charge is 0.198 e. The lowest BCUT2D eigenvalue weighted by atomic mass is 10.1. The SMILES string of the molecule is N#CCCc1cc(Cl)cc(Br)c1. The summed E-state index contributed by atoms with van der Waals surface area (Å²) in [5.74, 6) is 0. The van der Waals surface area contributed by atoms with Crippen molar-refractivity contribution >= 4 is 27.5 Å². The van der Waals surface area contributed by atoms with Gasteiger partial charge in [0.15, 0.2) is 0 Å². The van der Waals surface area contributed by atoms with Gasteiger partial charge in [-0.05, 0) is 30.2 Å². The summed E-state index contributed by atoms with van der Waals surface area (Å²) in [6.45, 7) is 0. The van der Waals surface area contributed by atoms with Gasteiger partial charge in [-0.1, -0.05) is 27.5 Å². The molecule has 0 fully saturated rings. The summed E-state index contributed by atoms with van der Waals surface area (Å²) in [5.41, 5.74) is 1.09. The molecule has 0 saturated heterocycles. The van der Waals surface area contributed by atoms with E-state index in [0.717, 1.165) is 16.5 Å². The maximum Gasteiger partial charge on any atom is 0.0625 e. The van der Waals surface area contributed by atoms with E-state index in [9.17, 15) is 0 Å². The monoisotopic (exact) mass is 243 g/mol. The zero-order valence-corrected chi connectivity index (χ0v) is 8.69. The Kier molecular flexibility index (Phi) is 3.58. The van der Waals surface area contributed by atoms with Gasteiger partial charge in [0.25, 0.3) is 0 Å². The Bertz CT molecular complexity index is 297. The first-order chi connectivity index (χ1) is 5.72. The van der Waals surface area contributed by atoms with Gasteiger partial charge in [-0.15, -0.1) is 0 Å². The van der Waals surface area contributed by atoms with Gasteiger partial charge in [0.2, 0.25) is 0 Å². The number of aryl methyl sites for hydroxylation is 1. The average Bonchev–Trinajstić information content (AvgIpc) is 1.99. The summed E-state index contributed by atoms with van der Waals surface area (Å²) in [7, 11) is 0. The quantitative estimate of drug-likeness (QED) is 0.780. The van der Waals surface area contributed by atoms with E-state index in [1.807, 2.05) is 18.2 Å². The number of hydrogen-bond acceptors (Lipinski definition) is 1. The van der Waals surface area contributed by atoms with Crippen LogP contribution >= 0.6 is 27.5 Å². The highest BCUT2D eigenvalue weighted by molar-refractivity contribution is 9.10. The van der Waals surface area contributed by atoms with Crippen LogP contribution in [0.15, 0.2) is 22.7 Å². The Morgan fingerprint density at radius 1 is 1.42 bits per heavy atom. The van der Waals surface area contributed by atoms with E-state index < -0.39 is 0 Å². The highest BCUT2D eigenvalue weighted by atomic mass is 79.9. The lowest BCUT2D eigenvalue weighted by Gasteiger charge is -1.99. The summed E-state index contributed by atoms with van der Waals surface area (Å²) in [6, 6.07) is 7.78. The summed E-state index contributed by atoms with van der Waals surface area (Å²) in [5, 5.41) is 9.08. The van der Waals surface area contributed by atoms with Gasteiger partial charge in [0.05, 0.1) is 6.07 Å². The second-order valence-corrected chi connectivity index (χ2v) is 3.79. The Morgan fingerprint density at radius 3 is 2.75 bits per heavy atom. The molecular weight excluding hydrogens is 237 g/mol. The smallest absolute Gasteiger partial charge is 0.0625 e. The van der Waals surface area contributed by atoms with Crippen LogP contribution in [0.3, 0.4) is 0 Å². The number of hydrogen-bond donors (Lipinski definition) is 0. The molecule has 0 unspecified atom stereocenters. The molecule has 0 spiro atoms. The minimum atomic E-state index is 0.535. The fourth-order valence-corrected chi connectivity index (χ4v) is 1.89. The van der Waals surface area contributed by atoms with E-state index in [-0.39, 0.29) is 0 Å². The molecule has 1 aromatic carbocycles. The van der Waals surface area contributed by atoms with Gasteiger partial charge in [-0.2, -0.15) is 5.26 Å². The van der Waals surface area contributed by atoms with Crippen molar-refractivity contribution in [2.24, 2.45) is 0 Å². The molecule has 0 aromatic heterocycles. The van der Waals surface area contributed by atoms with E-state index in [1.165, 1.54) is 0 Å². The summed E-state index contributed by atoms with van der Waals surface area (Å²) < 4.78 is 0.961. The minimum Gasteiger partial charge on any atom is -0.198 e. The Balaban J connectivity index is 2.80. The van der Waals surface area contributed by atoms with Crippen molar-refractivity contribution in [1.82, 2.24) is 0 Å². The number of nitriles is 1. The van der Waals surface area contributed by atoms with Crippen LogP contribution in [-0.4, -0.2) is 0 Å². The van der Waals surface area contributed by atoms with Gasteiger partial charge in [0, 0.05) is 15.9 Å². The van der Waals surface area contributed by atoms with Crippen LogP contribution in [0.2, 0.25) is 5.02 Å². The van der Waals surface area contributed by atoms with Crippen molar-refractivity contribution < 1.29 is 0 Å². The molecule has 0 aliphatic heterocycles. The van der Waals surface area contributed by atoms with Crippen LogP contribution in [0.1, 0.15) is 12.0 Å². The fourth-order valence-electron chi connectivity index (χ4n) is 0.956. The third-order valence-electron chi connectivity index (χ3n) is 1.45. The Morgan fingerprint density at radius 2 is 2.17 bits per heavy atom. The first kappa shape index (κ1) is 9.57. The molecule has 0 radical (unpaired) electrons. The van der Waals surface area contributed by atoms with E-state index in [2.05, 4.69) is 22.0 Å². The highest BCUT2D eigenvalue weighted by Crippen LogP contribution is 2.20. The molecule has 3 heteroatoms. The number of nitrogens with zero attached hydrogens (tertiary/aromatic N) is 1. The van der Waals surface area contributed by atoms with Crippen molar-refractivity contribution in [1.29, 1.82) is 5.26 Å². The normalized spacial score (nSPS) is 9.42. The molecule has 12 heavy (non-hydrogen) atoms. The van der Waals surface area contributed by atoms with Gasteiger partial charge in [-0.3, -0.25) is 0 Å². The second-order valence-electron chi connectivity index (χ2n) is 2.44. The molecule has 0 aliphatic carbocycles. The predicted molar refractivity (Wildman–Crippen MR) is 53.1 cm³/mol. The van der Waals surface area contributed by atoms with Gasteiger partial charge in [0.1, 0.15) is 0 Å². The van der Waals surface area contributed by atoms with E-state index in [4.69, 9.17) is 16.9 Å². The minimum absolute atomic E-state index is 0.535. The third-order valence-corrected chi connectivity index (χ3v) is 2.12. The molecule has 1 aromatic rings. The van der Waals surface area contributed by atoms with Crippen LogP contribution in [-0.2, 0) is 6.42 Å². The summed E-state index contributed by atoms with van der Waals surface area (Å²) in [4.78, 5) is 0. The molecule has 0 heterocycles. The first-order valence-electron chi connectivity index (χ1n) is 3.54. The van der Waals surface area contributed by atoms with Crippen LogP contribution < -0.4 is 0 Å². The zero-order valence-electron chi connectivity index (χ0n) is 6.35. The van der Waals surface area contributed by atoms with Crippen LogP contribution in [0.5, 0.6) is 0 Å². The lowest BCUT2D eigenvalue weighted by molar-refractivity contribution is 1.01. The summed E-state index contributed by atoms with van der Waals surface area (Å²) >= 11 is 9.15. The Hall–Kier alpha value is -0.520. The standard InChI is InChI=1S/C9H7BrClN/c10-8-4-7(2-1-3-12)5-9(11)6-8/h4-6H,1-2H2. The van der Waals surface area contributed by atoms with Gasteiger partial charge >= 0.3 is 0 Å². The maximum absolute atomic E-state index is 8.37. The zero-order chi connectivity index (χ0) is 8.97.